The Morgan fingerprint density at radius 1 is 0.783 bits per heavy atom. The zero-order valence-electron chi connectivity index (χ0n) is 26.3. The Morgan fingerprint density at radius 2 is 1.39 bits per heavy atom. The number of imide groups is 2. The van der Waals surface area contributed by atoms with Crippen LogP contribution in [0.25, 0.3) is 21.8 Å². The molecule has 2 aromatic carbocycles. The monoisotopic (exact) mass is 626 g/mol. The molecule has 2 aliphatic carbocycles. The van der Waals surface area contributed by atoms with Crippen LogP contribution in [0.5, 0.6) is 0 Å². The molecule has 2 saturated carbocycles. The molecule has 0 atom stereocenters. The molecule has 2 N–H and O–H groups in total. The number of hydrogen-bond acceptors (Lipinski definition) is 4. The Morgan fingerprint density at radius 3 is 1.98 bits per heavy atom. The fraction of sp³-hybridized carbons (Fsp3) is 0.429. The molecule has 0 radical (unpaired) electrons. The zero-order chi connectivity index (χ0) is 32.1. The first-order chi connectivity index (χ1) is 22.2. The fourth-order valence-electron chi connectivity index (χ4n) is 6.96. The molecule has 240 valence electrons. The van der Waals surface area contributed by atoms with Crippen LogP contribution < -0.4 is 20.4 Å². The van der Waals surface area contributed by atoms with Crippen molar-refractivity contribution in [2.75, 3.05) is 22.9 Å². The molecule has 0 unspecified atom stereocenters. The first kappa shape index (κ1) is 30.0. The lowest BCUT2D eigenvalue weighted by Gasteiger charge is -2.30. The molecule has 4 aromatic rings. The summed E-state index contributed by atoms with van der Waals surface area (Å²) in [5, 5.41) is 6.79. The SMILES string of the molecule is CCc1cn(C2CCC2)c2c(F)c(N3CCC(=O)NC3=O)ccc12.Cc1cn(C2CCC2)c2cc(N3CCC(=O)NC3=O)ccc12. The first-order valence-corrected chi connectivity index (χ1v) is 16.4. The molecule has 2 aliphatic heterocycles. The molecule has 0 spiro atoms. The summed E-state index contributed by atoms with van der Waals surface area (Å²) < 4.78 is 19.7. The maximum absolute atomic E-state index is 15.3. The summed E-state index contributed by atoms with van der Waals surface area (Å²) in [4.78, 5) is 49.7. The highest BCUT2D eigenvalue weighted by atomic mass is 19.1. The van der Waals surface area contributed by atoms with E-state index in [1.807, 2.05) is 16.7 Å². The number of aryl methyl sites for hydroxylation is 2. The number of benzene rings is 2. The summed E-state index contributed by atoms with van der Waals surface area (Å²) >= 11 is 0. The van der Waals surface area contributed by atoms with Gasteiger partial charge in [-0.15, -0.1) is 0 Å². The Bertz CT molecular complexity index is 1880. The summed E-state index contributed by atoms with van der Waals surface area (Å²) in [6, 6.07) is 9.72. The van der Waals surface area contributed by atoms with Crippen molar-refractivity contribution in [1.29, 1.82) is 0 Å². The third-order valence-electron chi connectivity index (χ3n) is 10.0. The van der Waals surface area contributed by atoms with Crippen molar-refractivity contribution in [2.24, 2.45) is 0 Å². The number of amides is 6. The number of carbonyl (C=O) groups is 4. The number of aromatic nitrogens is 2. The summed E-state index contributed by atoms with van der Waals surface area (Å²) in [6.07, 6.45) is 12.7. The van der Waals surface area contributed by atoms with Crippen molar-refractivity contribution >= 4 is 57.1 Å². The standard InChI is InChI=1S/C18H20FN3O2.C17H19N3O2/c1-2-11-10-22(12-4-3-5-12)17-13(11)6-7-14(16(17)19)21-9-8-15(23)20-18(21)24;1-11-10-20(12-3-2-4-12)15-9-13(5-6-14(11)15)19-8-7-16(21)18-17(19)22/h6-7,10,12H,2-5,8-9H2,1H3,(H,20,23,24);5-6,9-10,12H,2-4,7-8H2,1H3,(H,18,21,22). The van der Waals surface area contributed by atoms with Crippen molar-refractivity contribution in [1.82, 2.24) is 19.8 Å². The van der Waals surface area contributed by atoms with Gasteiger partial charge in [-0.05, 0) is 81.2 Å². The van der Waals surface area contributed by atoms with Crippen molar-refractivity contribution in [3.63, 3.8) is 0 Å². The average Bonchev–Trinajstić information content (AvgIpc) is 3.50. The van der Waals surface area contributed by atoms with Crippen LogP contribution in [0.3, 0.4) is 0 Å². The van der Waals surface area contributed by atoms with Crippen LogP contribution >= 0.6 is 0 Å². The largest absolute Gasteiger partial charge is 0.344 e. The lowest BCUT2D eigenvalue weighted by atomic mass is 9.93. The molecule has 4 fully saturated rings. The van der Waals surface area contributed by atoms with Gasteiger partial charge in [0.15, 0.2) is 5.82 Å². The number of nitrogens with one attached hydrogen (secondary N) is 2. The minimum atomic E-state index is -0.554. The van der Waals surface area contributed by atoms with Crippen molar-refractivity contribution < 1.29 is 23.6 Å². The minimum absolute atomic E-state index is 0.188. The molecule has 4 aliphatic rings. The predicted molar refractivity (Wildman–Crippen MR) is 175 cm³/mol. The van der Waals surface area contributed by atoms with E-state index in [0.29, 0.717) is 30.6 Å². The second-order valence-electron chi connectivity index (χ2n) is 12.8. The summed E-state index contributed by atoms with van der Waals surface area (Å²) in [7, 11) is 0. The summed E-state index contributed by atoms with van der Waals surface area (Å²) in [5.41, 5.74) is 5.26. The third kappa shape index (κ3) is 5.21. The number of rotatable bonds is 5. The van der Waals surface area contributed by atoms with Gasteiger partial charge in [-0.3, -0.25) is 30.0 Å². The van der Waals surface area contributed by atoms with Crippen LogP contribution in [-0.4, -0.2) is 46.1 Å². The fourth-order valence-corrected chi connectivity index (χ4v) is 6.96. The molecule has 0 bridgehead atoms. The number of hydrogen-bond donors (Lipinski definition) is 2. The van der Waals surface area contributed by atoms with E-state index in [0.717, 1.165) is 35.9 Å². The van der Waals surface area contributed by atoms with E-state index in [4.69, 9.17) is 0 Å². The Kier molecular flexibility index (Phi) is 7.78. The Balaban J connectivity index is 0.000000147. The minimum Gasteiger partial charge on any atom is -0.344 e. The quantitative estimate of drug-likeness (QED) is 0.259. The van der Waals surface area contributed by atoms with Crippen molar-refractivity contribution in [3.05, 3.63) is 59.7 Å². The summed E-state index contributed by atoms with van der Waals surface area (Å²) in [6.45, 7) is 4.84. The number of anilines is 2. The van der Waals surface area contributed by atoms with Gasteiger partial charge in [-0.25, -0.2) is 14.0 Å². The third-order valence-corrected chi connectivity index (χ3v) is 10.0. The van der Waals surface area contributed by atoms with E-state index in [1.54, 1.807) is 11.0 Å². The van der Waals surface area contributed by atoms with Crippen LogP contribution in [0.2, 0.25) is 0 Å². The zero-order valence-corrected chi connectivity index (χ0v) is 26.3. The highest BCUT2D eigenvalue weighted by molar-refractivity contribution is 6.07. The topological polar surface area (TPSA) is 109 Å². The number of halogens is 1. The van der Waals surface area contributed by atoms with Gasteiger partial charge >= 0.3 is 12.1 Å². The van der Waals surface area contributed by atoms with Crippen LogP contribution in [-0.2, 0) is 16.0 Å². The van der Waals surface area contributed by atoms with Gasteiger partial charge in [0.05, 0.1) is 16.7 Å². The molecular formula is C35H39FN6O4. The van der Waals surface area contributed by atoms with Gasteiger partial charge in [0.2, 0.25) is 11.8 Å². The molecule has 46 heavy (non-hydrogen) atoms. The smallest absolute Gasteiger partial charge is 0.328 e. The molecule has 10 nitrogen and oxygen atoms in total. The molecule has 11 heteroatoms. The maximum atomic E-state index is 15.3. The first-order valence-electron chi connectivity index (χ1n) is 16.4. The number of urea groups is 2. The van der Waals surface area contributed by atoms with Crippen LogP contribution in [0.4, 0.5) is 25.4 Å². The second-order valence-corrected chi connectivity index (χ2v) is 12.8. The molecule has 4 heterocycles. The van der Waals surface area contributed by atoms with Gasteiger partial charge in [-0.1, -0.05) is 19.1 Å². The van der Waals surface area contributed by atoms with E-state index < -0.39 is 6.03 Å². The molecule has 2 aromatic heterocycles. The molecule has 8 rings (SSSR count). The highest BCUT2D eigenvalue weighted by Crippen LogP contribution is 2.40. The number of nitrogens with zero attached hydrogens (tertiary/aromatic N) is 4. The predicted octanol–water partition coefficient (Wildman–Crippen LogP) is 6.64. The van der Waals surface area contributed by atoms with Gasteiger partial charge in [0.1, 0.15) is 0 Å². The van der Waals surface area contributed by atoms with Gasteiger partial charge in [0.25, 0.3) is 0 Å². The number of fused-ring (bicyclic) bond motifs is 2. The van der Waals surface area contributed by atoms with Crippen molar-refractivity contribution in [2.45, 2.75) is 83.7 Å². The highest BCUT2D eigenvalue weighted by Gasteiger charge is 2.30. The Labute approximate surface area is 266 Å². The van der Waals surface area contributed by atoms with Gasteiger partial charge in [0, 0.05) is 66.9 Å². The average molecular weight is 627 g/mol. The lowest BCUT2D eigenvalue weighted by molar-refractivity contribution is -0.121. The second kappa shape index (κ2) is 11.9. The van der Waals surface area contributed by atoms with Gasteiger partial charge in [-0.2, -0.15) is 0 Å². The van der Waals surface area contributed by atoms with E-state index in [2.05, 4.69) is 53.6 Å². The normalized spacial score (nSPS) is 19.1. The number of carbonyl (C=O) groups excluding carboxylic acids is 4. The molecule has 2 saturated heterocycles. The Hall–Kier alpha value is -4.67. The summed E-state index contributed by atoms with van der Waals surface area (Å²) in [5.74, 6) is -0.886. The van der Waals surface area contributed by atoms with Crippen LogP contribution in [0, 0.1) is 12.7 Å². The van der Waals surface area contributed by atoms with Crippen LogP contribution in [0.1, 0.15) is 81.5 Å². The van der Waals surface area contributed by atoms with Crippen molar-refractivity contribution in [3.8, 4) is 0 Å². The van der Waals surface area contributed by atoms with E-state index in [9.17, 15) is 19.2 Å². The molecular weight excluding hydrogens is 587 g/mol. The van der Waals surface area contributed by atoms with Crippen LogP contribution in [0.15, 0.2) is 42.7 Å². The van der Waals surface area contributed by atoms with E-state index in [-0.39, 0.29) is 42.3 Å². The molecule has 6 amide bonds. The van der Waals surface area contributed by atoms with E-state index >= 15 is 4.39 Å². The van der Waals surface area contributed by atoms with Gasteiger partial charge < -0.3 is 9.13 Å². The lowest BCUT2D eigenvalue weighted by Crippen LogP contribution is -2.49. The maximum Gasteiger partial charge on any atom is 0.328 e. The van der Waals surface area contributed by atoms with E-state index in [1.165, 1.54) is 47.0 Å².